The molecule has 1 radical (unpaired) electrons. The predicted octanol–water partition coefficient (Wildman–Crippen LogP) is -0.781. The van der Waals surface area contributed by atoms with Crippen LogP contribution in [0.5, 0.6) is 0 Å². The number of carbonyl (C=O) groups is 1. The Hall–Kier alpha value is -0.345. The maximum Gasteiger partial charge on any atom is 0.293 e. The summed E-state index contributed by atoms with van der Waals surface area (Å²) in [6.45, 7) is 1.81. The number of nitrogens with two attached hydrogens (primary N) is 1. The number of hydrogen-bond donors (Lipinski definition) is 1. The summed E-state index contributed by atoms with van der Waals surface area (Å²) in [5, 5.41) is 0. The highest BCUT2D eigenvalue weighted by Gasteiger charge is 2.15. The lowest BCUT2D eigenvalue weighted by Gasteiger charge is -2.28. The topological polar surface area (TPSA) is 46.3 Å². The second kappa shape index (κ2) is 3.73. The molecule has 0 spiro atoms. The largest absolute Gasteiger partial charge is 0.339 e. The van der Waals surface area contributed by atoms with Crippen LogP contribution >= 0.6 is 0 Å². The Morgan fingerprint density at radius 1 is 1.70 bits per heavy atom. The summed E-state index contributed by atoms with van der Waals surface area (Å²) in [4.78, 5) is 12.0. The van der Waals surface area contributed by atoms with Gasteiger partial charge in [0, 0.05) is 12.6 Å². The standard InChI is InChI=1S/C6H12BN2O/c8-6-2-1-3-9(4-6)7-5-10/h5-6H,1-4,8H2/t6-/m1/s1. The summed E-state index contributed by atoms with van der Waals surface area (Å²) in [5.74, 6) is 0. The van der Waals surface area contributed by atoms with Crippen molar-refractivity contribution in [2.45, 2.75) is 18.9 Å². The molecule has 0 saturated carbocycles. The first-order chi connectivity index (χ1) is 4.83. The average molecular weight is 139 g/mol. The Labute approximate surface area is 61.8 Å². The van der Waals surface area contributed by atoms with Crippen LogP contribution < -0.4 is 5.73 Å². The predicted molar refractivity (Wildman–Crippen MR) is 41.3 cm³/mol. The third-order valence-electron chi connectivity index (χ3n) is 1.76. The fourth-order valence-corrected chi connectivity index (χ4v) is 1.26. The lowest BCUT2D eigenvalue weighted by molar-refractivity contribution is 0.327. The van der Waals surface area contributed by atoms with Crippen molar-refractivity contribution in [1.82, 2.24) is 4.81 Å². The molecule has 1 rings (SSSR count). The van der Waals surface area contributed by atoms with Crippen molar-refractivity contribution < 1.29 is 4.79 Å². The molecule has 55 valence electrons. The first-order valence-electron chi connectivity index (χ1n) is 3.61. The molecule has 0 amide bonds. The van der Waals surface area contributed by atoms with Crippen LogP contribution in [0.1, 0.15) is 12.8 Å². The van der Waals surface area contributed by atoms with Gasteiger partial charge in [0.15, 0.2) is 0 Å². The second-order valence-electron chi connectivity index (χ2n) is 2.68. The van der Waals surface area contributed by atoms with Gasteiger partial charge in [-0.2, -0.15) is 0 Å². The molecule has 10 heavy (non-hydrogen) atoms. The Morgan fingerprint density at radius 3 is 3.10 bits per heavy atom. The third kappa shape index (κ3) is 2.12. The highest BCUT2D eigenvalue weighted by molar-refractivity contribution is 6.64. The van der Waals surface area contributed by atoms with Gasteiger partial charge in [-0.3, -0.25) is 0 Å². The van der Waals surface area contributed by atoms with Crippen LogP contribution in [0.2, 0.25) is 0 Å². The fraction of sp³-hybridized carbons (Fsp3) is 0.833. The minimum atomic E-state index is 0.255. The number of piperidine rings is 1. The summed E-state index contributed by atoms with van der Waals surface area (Å²) >= 11 is 0. The van der Waals surface area contributed by atoms with E-state index in [2.05, 4.69) is 0 Å². The van der Waals surface area contributed by atoms with Gasteiger partial charge in [-0.05, 0) is 19.4 Å². The van der Waals surface area contributed by atoms with Gasteiger partial charge < -0.3 is 15.3 Å². The molecule has 0 aliphatic carbocycles. The highest BCUT2D eigenvalue weighted by Crippen LogP contribution is 2.05. The summed E-state index contributed by atoms with van der Waals surface area (Å²) in [6, 6.07) is 0.255. The van der Waals surface area contributed by atoms with Gasteiger partial charge in [-0.25, -0.2) is 0 Å². The molecule has 1 aliphatic heterocycles. The van der Waals surface area contributed by atoms with E-state index in [4.69, 9.17) is 5.73 Å². The second-order valence-corrected chi connectivity index (χ2v) is 2.68. The first-order valence-corrected chi connectivity index (χ1v) is 3.61. The van der Waals surface area contributed by atoms with Crippen LogP contribution in [0.3, 0.4) is 0 Å². The van der Waals surface area contributed by atoms with E-state index in [0.717, 1.165) is 32.1 Å². The van der Waals surface area contributed by atoms with Crippen LogP contribution in [0, 0.1) is 0 Å². The van der Waals surface area contributed by atoms with Crippen molar-refractivity contribution in [3.63, 3.8) is 0 Å². The monoisotopic (exact) mass is 139 g/mol. The van der Waals surface area contributed by atoms with Crippen LogP contribution in [0.15, 0.2) is 0 Å². The van der Waals surface area contributed by atoms with Crippen molar-refractivity contribution in [2.75, 3.05) is 13.1 Å². The molecule has 0 aromatic carbocycles. The van der Waals surface area contributed by atoms with Gasteiger partial charge in [0.2, 0.25) is 0 Å². The molecule has 4 heteroatoms. The van der Waals surface area contributed by atoms with Crippen LogP contribution in [0.25, 0.3) is 0 Å². The van der Waals surface area contributed by atoms with Crippen molar-refractivity contribution in [1.29, 1.82) is 0 Å². The quantitative estimate of drug-likeness (QED) is 0.403. The zero-order chi connectivity index (χ0) is 7.40. The molecular formula is C6H12BN2O. The van der Waals surface area contributed by atoms with Gasteiger partial charge in [0.05, 0.1) is 6.19 Å². The molecular weight excluding hydrogens is 127 g/mol. The molecule has 1 heterocycles. The van der Waals surface area contributed by atoms with Gasteiger partial charge in [0.25, 0.3) is 7.41 Å². The Kier molecular flexibility index (Phi) is 2.90. The van der Waals surface area contributed by atoms with Crippen LogP contribution in [0.4, 0.5) is 0 Å². The Morgan fingerprint density at radius 2 is 2.50 bits per heavy atom. The molecule has 0 bridgehead atoms. The van der Waals surface area contributed by atoms with Crippen LogP contribution in [-0.2, 0) is 4.79 Å². The molecule has 0 unspecified atom stereocenters. The van der Waals surface area contributed by atoms with Crippen LogP contribution in [-0.4, -0.2) is 37.5 Å². The van der Waals surface area contributed by atoms with Gasteiger partial charge in [-0.15, -0.1) is 0 Å². The van der Waals surface area contributed by atoms with E-state index in [-0.39, 0.29) is 6.04 Å². The van der Waals surface area contributed by atoms with E-state index < -0.39 is 0 Å². The van der Waals surface area contributed by atoms with Crippen molar-refractivity contribution >= 4 is 13.6 Å². The zero-order valence-electron chi connectivity index (χ0n) is 5.99. The first kappa shape index (κ1) is 7.76. The lowest BCUT2D eigenvalue weighted by Crippen LogP contribution is -2.44. The summed E-state index contributed by atoms with van der Waals surface area (Å²) in [5.41, 5.74) is 5.68. The Balaban J connectivity index is 2.24. The van der Waals surface area contributed by atoms with Crippen molar-refractivity contribution in [3.05, 3.63) is 0 Å². The molecule has 1 saturated heterocycles. The molecule has 2 N–H and O–H groups in total. The zero-order valence-corrected chi connectivity index (χ0v) is 5.99. The maximum atomic E-state index is 10.0. The average Bonchev–Trinajstić information content (AvgIpc) is 1.88. The van der Waals surface area contributed by atoms with E-state index in [1.165, 1.54) is 0 Å². The van der Waals surface area contributed by atoms with E-state index >= 15 is 0 Å². The minimum Gasteiger partial charge on any atom is -0.339 e. The molecule has 1 fully saturated rings. The number of nitrogens with zero attached hydrogens (tertiary/aromatic N) is 1. The van der Waals surface area contributed by atoms with E-state index in [1.807, 2.05) is 4.81 Å². The van der Waals surface area contributed by atoms with Gasteiger partial charge in [0.1, 0.15) is 0 Å². The minimum absolute atomic E-state index is 0.255. The lowest BCUT2D eigenvalue weighted by atomic mass is 9.90. The molecule has 0 aromatic heterocycles. The molecule has 1 aliphatic rings. The molecule has 0 aromatic rings. The van der Waals surface area contributed by atoms with Crippen molar-refractivity contribution in [2.24, 2.45) is 5.73 Å². The van der Waals surface area contributed by atoms with E-state index in [1.54, 1.807) is 7.41 Å². The van der Waals surface area contributed by atoms with Gasteiger partial charge >= 0.3 is 0 Å². The molecule has 1 atom stereocenters. The maximum absolute atomic E-state index is 10.0. The Bertz CT molecular complexity index is 120. The number of carbonyl (C=O) groups excluding carboxylic acids is 1. The SMILES string of the molecule is N[C@@H]1CCCN([B]C=O)C1. The third-order valence-corrected chi connectivity index (χ3v) is 1.76. The number of hydrogen-bond acceptors (Lipinski definition) is 3. The smallest absolute Gasteiger partial charge is 0.293 e. The van der Waals surface area contributed by atoms with Gasteiger partial charge in [-0.1, -0.05) is 0 Å². The normalized spacial score (nSPS) is 27.9. The number of rotatable bonds is 2. The summed E-state index contributed by atoms with van der Waals surface area (Å²) < 4.78 is 0. The van der Waals surface area contributed by atoms with E-state index in [9.17, 15) is 4.79 Å². The highest BCUT2D eigenvalue weighted by atomic mass is 16.1. The summed E-state index contributed by atoms with van der Waals surface area (Å²) in [6.07, 6.45) is 3.01. The van der Waals surface area contributed by atoms with E-state index in [0.29, 0.717) is 0 Å². The molecule has 3 nitrogen and oxygen atoms in total. The summed E-state index contributed by atoms with van der Waals surface area (Å²) in [7, 11) is 1.57. The van der Waals surface area contributed by atoms with Crippen molar-refractivity contribution in [3.8, 4) is 0 Å². The fourth-order valence-electron chi connectivity index (χ4n) is 1.26.